The van der Waals surface area contributed by atoms with E-state index < -0.39 is 30.9 Å². The topological polar surface area (TPSA) is 93.2 Å². The summed E-state index contributed by atoms with van der Waals surface area (Å²) in [4.78, 5) is 3.85. The molecular formula is C18H17FN2O4S3. The average Bonchev–Trinajstić information content (AvgIpc) is 3.20. The molecule has 0 amide bonds. The lowest BCUT2D eigenvalue weighted by molar-refractivity contribution is 0.569. The maximum atomic E-state index is 13.6. The fraction of sp³-hybridized carbons (Fsp3) is 0.167. The van der Waals surface area contributed by atoms with Crippen molar-refractivity contribution in [2.45, 2.75) is 21.3 Å². The first kappa shape index (κ1) is 20.6. The van der Waals surface area contributed by atoms with Crippen LogP contribution in [-0.2, 0) is 19.9 Å². The lowest BCUT2D eigenvalue weighted by Gasteiger charge is -2.19. The van der Waals surface area contributed by atoms with Gasteiger partial charge in [-0.2, -0.15) is 0 Å². The summed E-state index contributed by atoms with van der Waals surface area (Å²) in [6.45, 7) is 1.08. The van der Waals surface area contributed by atoms with Crippen molar-refractivity contribution in [3.63, 3.8) is 0 Å². The van der Waals surface area contributed by atoms with Gasteiger partial charge in [0.05, 0.1) is 4.90 Å². The molecule has 6 nitrogen and oxygen atoms in total. The third kappa shape index (κ3) is 4.30. The minimum Gasteiger partial charge on any atom is -0.264 e. The minimum absolute atomic E-state index is 0.0874. The Labute approximate surface area is 167 Å². The molecule has 0 aliphatic heterocycles. The standard InChI is InChI=1S/C18H17FN2O4S3/c1-13-10-15(6-7-16(13)19)27(22,23)17(14-4-2-8-20-11-14)12-21-28(24,25)18-5-3-9-26-18/h2-11,17,21H,12H2,1H3/t17-/m0/s1. The number of nitrogens with one attached hydrogen (secondary N) is 1. The third-order valence-electron chi connectivity index (χ3n) is 4.11. The zero-order valence-electron chi connectivity index (χ0n) is 14.7. The molecule has 3 aromatic rings. The normalized spacial score (nSPS) is 13.4. The van der Waals surface area contributed by atoms with E-state index in [0.29, 0.717) is 5.56 Å². The molecule has 0 aliphatic carbocycles. The molecule has 0 spiro atoms. The van der Waals surface area contributed by atoms with Crippen LogP contribution in [0.5, 0.6) is 0 Å². The lowest BCUT2D eigenvalue weighted by Crippen LogP contribution is -2.31. The van der Waals surface area contributed by atoms with E-state index in [1.807, 2.05) is 0 Å². The number of sulfone groups is 1. The highest BCUT2D eigenvalue weighted by molar-refractivity contribution is 7.92. The molecule has 1 aromatic carbocycles. The van der Waals surface area contributed by atoms with E-state index >= 15 is 0 Å². The van der Waals surface area contributed by atoms with Crippen LogP contribution in [0.1, 0.15) is 16.4 Å². The Hall–Kier alpha value is -2.14. The van der Waals surface area contributed by atoms with Gasteiger partial charge < -0.3 is 0 Å². The molecule has 0 saturated heterocycles. The molecule has 2 aromatic heterocycles. The number of nitrogens with zero attached hydrogens (tertiary/aromatic N) is 1. The van der Waals surface area contributed by atoms with Crippen molar-refractivity contribution in [2.24, 2.45) is 0 Å². The molecule has 28 heavy (non-hydrogen) atoms. The number of hydrogen-bond donors (Lipinski definition) is 1. The Morgan fingerprint density at radius 2 is 1.93 bits per heavy atom. The highest BCUT2D eigenvalue weighted by Gasteiger charge is 2.31. The SMILES string of the molecule is Cc1cc(S(=O)(=O)[C@@H](CNS(=O)(=O)c2cccs2)c2cccnc2)ccc1F. The lowest BCUT2D eigenvalue weighted by atomic mass is 10.2. The minimum atomic E-state index is -4.01. The molecule has 0 aliphatic rings. The van der Waals surface area contributed by atoms with E-state index in [2.05, 4.69) is 9.71 Å². The van der Waals surface area contributed by atoms with Gasteiger partial charge in [0.1, 0.15) is 15.3 Å². The molecule has 0 fully saturated rings. The molecule has 1 N–H and O–H groups in total. The first-order chi connectivity index (χ1) is 13.2. The molecule has 1 atom stereocenters. The number of aryl methyl sites for hydroxylation is 1. The maximum Gasteiger partial charge on any atom is 0.250 e. The molecule has 0 radical (unpaired) electrons. The quantitative estimate of drug-likeness (QED) is 0.570. The van der Waals surface area contributed by atoms with Gasteiger partial charge in [0.25, 0.3) is 0 Å². The van der Waals surface area contributed by atoms with Crippen molar-refractivity contribution >= 4 is 31.2 Å². The van der Waals surface area contributed by atoms with Crippen molar-refractivity contribution in [3.05, 3.63) is 77.2 Å². The summed E-state index contributed by atoms with van der Waals surface area (Å²) in [5.74, 6) is -0.518. The molecular weight excluding hydrogens is 423 g/mol. The fourth-order valence-corrected chi connectivity index (χ4v) is 6.52. The van der Waals surface area contributed by atoms with Crippen LogP contribution in [0.25, 0.3) is 0 Å². The van der Waals surface area contributed by atoms with Crippen LogP contribution >= 0.6 is 11.3 Å². The van der Waals surface area contributed by atoms with Crippen molar-refractivity contribution in [3.8, 4) is 0 Å². The average molecular weight is 441 g/mol. The van der Waals surface area contributed by atoms with Crippen LogP contribution in [-0.4, -0.2) is 28.4 Å². The number of hydrogen-bond acceptors (Lipinski definition) is 6. The van der Waals surface area contributed by atoms with Gasteiger partial charge in [0.15, 0.2) is 9.84 Å². The maximum absolute atomic E-state index is 13.6. The number of sulfonamides is 1. The number of aromatic nitrogens is 1. The van der Waals surface area contributed by atoms with Crippen LogP contribution < -0.4 is 4.72 Å². The predicted octanol–water partition coefficient (Wildman–Crippen LogP) is 3.08. The largest absolute Gasteiger partial charge is 0.264 e. The summed E-state index contributed by atoms with van der Waals surface area (Å²) in [6, 6.07) is 9.65. The monoisotopic (exact) mass is 440 g/mol. The van der Waals surface area contributed by atoms with E-state index in [9.17, 15) is 21.2 Å². The second-order valence-corrected chi connectivity index (χ2v) is 11.1. The van der Waals surface area contributed by atoms with Crippen LogP contribution in [0.4, 0.5) is 4.39 Å². The number of benzene rings is 1. The van der Waals surface area contributed by atoms with Gasteiger partial charge in [-0.25, -0.2) is 25.9 Å². The number of pyridine rings is 1. The van der Waals surface area contributed by atoms with Crippen LogP contribution in [0.15, 0.2) is 69.3 Å². The Morgan fingerprint density at radius 1 is 1.14 bits per heavy atom. The van der Waals surface area contributed by atoms with Crippen molar-refractivity contribution < 1.29 is 21.2 Å². The van der Waals surface area contributed by atoms with Gasteiger partial charge in [-0.05, 0) is 53.8 Å². The van der Waals surface area contributed by atoms with Gasteiger partial charge in [0.2, 0.25) is 10.0 Å². The molecule has 148 valence electrons. The molecule has 2 heterocycles. The van der Waals surface area contributed by atoms with Crippen molar-refractivity contribution in [1.29, 1.82) is 0 Å². The smallest absolute Gasteiger partial charge is 0.250 e. The Morgan fingerprint density at radius 3 is 2.54 bits per heavy atom. The first-order valence-corrected chi connectivity index (χ1v) is 12.1. The first-order valence-electron chi connectivity index (χ1n) is 8.15. The third-order valence-corrected chi connectivity index (χ3v) is 9.03. The summed E-state index contributed by atoms with van der Waals surface area (Å²) in [5.41, 5.74) is 0.517. The van der Waals surface area contributed by atoms with Crippen molar-refractivity contribution in [1.82, 2.24) is 9.71 Å². The van der Waals surface area contributed by atoms with E-state index in [0.717, 1.165) is 17.4 Å². The zero-order chi connectivity index (χ0) is 20.4. The summed E-state index contributed by atoms with van der Waals surface area (Å²) in [7, 11) is -7.87. The molecule has 3 rings (SSSR count). The van der Waals surface area contributed by atoms with Gasteiger partial charge in [-0.1, -0.05) is 12.1 Å². The summed E-state index contributed by atoms with van der Waals surface area (Å²) >= 11 is 1.03. The molecule has 0 unspecified atom stereocenters. The predicted molar refractivity (Wildman–Crippen MR) is 105 cm³/mol. The zero-order valence-corrected chi connectivity index (χ0v) is 17.2. The summed E-state index contributed by atoms with van der Waals surface area (Å²) in [5, 5.41) is 0.395. The van der Waals surface area contributed by atoms with Crippen LogP contribution in [0.3, 0.4) is 0 Å². The van der Waals surface area contributed by atoms with Gasteiger partial charge in [-0.15, -0.1) is 11.3 Å². The highest BCUT2D eigenvalue weighted by Crippen LogP contribution is 2.29. The molecule has 0 saturated carbocycles. The summed E-state index contributed by atoms with van der Waals surface area (Å²) < 4.78 is 67.3. The van der Waals surface area contributed by atoms with Crippen LogP contribution in [0, 0.1) is 12.7 Å². The van der Waals surface area contributed by atoms with Gasteiger partial charge >= 0.3 is 0 Å². The second kappa shape index (κ2) is 8.08. The van der Waals surface area contributed by atoms with Crippen molar-refractivity contribution in [2.75, 3.05) is 6.54 Å². The van der Waals surface area contributed by atoms with E-state index in [4.69, 9.17) is 0 Å². The molecule has 10 heteroatoms. The number of halogens is 1. The van der Waals surface area contributed by atoms with Crippen LogP contribution in [0.2, 0.25) is 0 Å². The van der Waals surface area contributed by atoms with Gasteiger partial charge in [0, 0.05) is 18.9 Å². The van der Waals surface area contributed by atoms with E-state index in [-0.39, 0.29) is 21.2 Å². The Kier molecular flexibility index (Phi) is 5.94. The highest BCUT2D eigenvalue weighted by atomic mass is 32.2. The Bertz CT molecular complexity index is 1160. The number of rotatable bonds is 7. The Balaban J connectivity index is 1.99. The fourth-order valence-electron chi connectivity index (χ4n) is 2.60. The molecule has 0 bridgehead atoms. The second-order valence-electron chi connectivity index (χ2n) is 6.01. The summed E-state index contributed by atoms with van der Waals surface area (Å²) in [6.07, 6.45) is 2.86. The van der Waals surface area contributed by atoms with E-state index in [1.54, 1.807) is 23.6 Å². The van der Waals surface area contributed by atoms with E-state index in [1.165, 1.54) is 37.5 Å². The number of thiophene rings is 1. The van der Waals surface area contributed by atoms with Gasteiger partial charge in [-0.3, -0.25) is 4.98 Å².